The van der Waals surface area contributed by atoms with Crippen molar-refractivity contribution in [3.63, 3.8) is 0 Å². The van der Waals surface area contributed by atoms with Crippen LogP contribution < -0.4 is 15.0 Å². The van der Waals surface area contributed by atoms with E-state index in [0.717, 1.165) is 72.9 Å². The lowest BCUT2D eigenvalue weighted by Gasteiger charge is -2.38. The van der Waals surface area contributed by atoms with E-state index in [1.165, 1.54) is 0 Å². The lowest BCUT2D eigenvalue weighted by molar-refractivity contribution is 0.0156. The molecule has 2 saturated heterocycles. The Balaban J connectivity index is 1.10. The van der Waals surface area contributed by atoms with Crippen LogP contribution in [0.3, 0.4) is 0 Å². The number of anilines is 1. The molecule has 0 spiro atoms. The van der Waals surface area contributed by atoms with Crippen LogP contribution in [-0.2, 0) is 6.42 Å². The number of nitriles is 1. The third-order valence-electron chi connectivity index (χ3n) is 8.93. The molecule has 6 heterocycles. The summed E-state index contributed by atoms with van der Waals surface area (Å²) >= 11 is 0. The number of nitrogens with one attached hydrogen (secondary N) is 1. The number of aliphatic hydroxyl groups is 1. The molecule has 9 heteroatoms. The number of nitrogens with zero attached hydrogens (tertiary/aromatic N) is 6. The fourth-order valence-electron chi connectivity index (χ4n) is 6.76. The highest BCUT2D eigenvalue weighted by Gasteiger charge is 2.38. The second-order valence-electron chi connectivity index (χ2n) is 11.6. The molecule has 7 rings (SSSR count). The van der Waals surface area contributed by atoms with E-state index in [2.05, 4.69) is 32.4 Å². The predicted octanol–water partition coefficient (Wildman–Crippen LogP) is 3.61. The molecule has 4 aromatic rings. The van der Waals surface area contributed by atoms with Crippen molar-refractivity contribution < 1.29 is 9.84 Å². The van der Waals surface area contributed by atoms with Crippen LogP contribution in [0.5, 0.6) is 5.75 Å². The van der Waals surface area contributed by atoms with Gasteiger partial charge in [0.25, 0.3) is 0 Å². The first kappa shape index (κ1) is 25.0. The number of ether oxygens (including phenoxy) is 1. The van der Waals surface area contributed by atoms with Crippen molar-refractivity contribution in [3.8, 4) is 22.9 Å². The average molecular weight is 536 g/mol. The SMILES string of the molecule is N#Cc1cnn2cc(OC3CC4CNCC4C3)cc(-c3ccc(N4CCC(O)(Cc5ccccn5)CC4)nc3)c12. The maximum atomic E-state index is 11.1. The molecule has 1 saturated carbocycles. The van der Waals surface area contributed by atoms with E-state index >= 15 is 0 Å². The Hall–Kier alpha value is -4.00. The molecular weight excluding hydrogens is 502 g/mol. The number of aromatic nitrogens is 4. The second kappa shape index (κ2) is 10.2. The molecule has 9 nitrogen and oxygen atoms in total. The van der Waals surface area contributed by atoms with E-state index in [4.69, 9.17) is 9.72 Å². The first-order valence-electron chi connectivity index (χ1n) is 14.2. The zero-order chi connectivity index (χ0) is 27.1. The summed E-state index contributed by atoms with van der Waals surface area (Å²) in [5.41, 5.74) is 3.25. The van der Waals surface area contributed by atoms with Crippen LogP contribution in [0.15, 0.2) is 61.2 Å². The van der Waals surface area contributed by atoms with Crippen molar-refractivity contribution in [1.82, 2.24) is 24.9 Å². The van der Waals surface area contributed by atoms with Gasteiger partial charge in [-0.1, -0.05) is 6.07 Å². The highest BCUT2D eigenvalue weighted by atomic mass is 16.5. The van der Waals surface area contributed by atoms with Gasteiger partial charge in [-0.05, 0) is 80.9 Å². The topological polar surface area (TPSA) is 112 Å². The summed E-state index contributed by atoms with van der Waals surface area (Å²) < 4.78 is 8.23. The summed E-state index contributed by atoms with van der Waals surface area (Å²) in [6, 6.07) is 14.2. The summed E-state index contributed by atoms with van der Waals surface area (Å²) in [5.74, 6) is 3.04. The van der Waals surface area contributed by atoms with Crippen LogP contribution in [0.1, 0.15) is 36.9 Å². The Morgan fingerprint density at radius 1 is 1.07 bits per heavy atom. The van der Waals surface area contributed by atoms with Crippen molar-refractivity contribution in [2.45, 2.75) is 43.8 Å². The van der Waals surface area contributed by atoms with Gasteiger partial charge in [-0.15, -0.1) is 0 Å². The number of rotatable bonds is 6. The Labute approximate surface area is 233 Å². The summed E-state index contributed by atoms with van der Waals surface area (Å²) in [4.78, 5) is 11.4. The molecular formula is C31H33N7O2. The van der Waals surface area contributed by atoms with E-state index in [1.807, 2.05) is 42.7 Å². The molecule has 0 aromatic carbocycles. The van der Waals surface area contributed by atoms with Crippen molar-refractivity contribution in [2.75, 3.05) is 31.1 Å². The number of piperidine rings is 1. The average Bonchev–Trinajstić information content (AvgIpc) is 3.69. The van der Waals surface area contributed by atoms with Crippen molar-refractivity contribution >= 4 is 11.3 Å². The largest absolute Gasteiger partial charge is 0.489 e. The first-order valence-corrected chi connectivity index (χ1v) is 14.2. The minimum atomic E-state index is -0.749. The minimum Gasteiger partial charge on any atom is -0.489 e. The van der Waals surface area contributed by atoms with Gasteiger partial charge in [-0.25, -0.2) is 9.50 Å². The van der Waals surface area contributed by atoms with Gasteiger partial charge in [0.2, 0.25) is 0 Å². The number of fused-ring (bicyclic) bond motifs is 2. The maximum absolute atomic E-state index is 11.1. The van der Waals surface area contributed by atoms with E-state index in [1.54, 1.807) is 16.9 Å². The van der Waals surface area contributed by atoms with Crippen LogP contribution in [0, 0.1) is 23.2 Å². The molecule has 204 valence electrons. The summed E-state index contributed by atoms with van der Waals surface area (Å²) in [5, 5.41) is 28.8. The third-order valence-corrected chi connectivity index (χ3v) is 8.93. The molecule has 4 aromatic heterocycles. The molecule has 3 aliphatic rings. The molecule has 0 radical (unpaired) electrons. The van der Waals surface area contributed by atoms with Gasteiger partial charge in [0.05, 0.1) is 35.2 Å². The zero-order valence-corrected chi connectivity index (χ0v) is 22.4. The van der Waals surface area contributed by atoms with Gasteiger partial charge in [0, 0.05) is 48.7 Å². The fraction of sp³-hybridized carbons (Fsp3) is 0.419. The molecule has 2 N–H and O–H groups in total. The normalized spacial score (nSPS) is 23.7. The maximum Gasteiger partial charge on any atom is 0.138 e. The molecule has 40 heavy (non-hydrogen) atoms. The first-order chi connectivity index (χ1) is 19.6. The standard InChI is InChI=1S/C31H33N7O2/c32-15-24-19-36-38-20-27(40-26-11-22-16-33-17-23(22)12-26)13-28(30(24)38)21-4-5-29(35-18-21)37-9-6-31(39,7-10-37)14-25-3-1-2-8-34-25/h1-5,8,13,18-20,22-23,26,33,39H,6-7,9-12,14,16-17H2. The van der Waals surface area contributed by atoms with Crippen LogP contribution in [0.25, 0.3) is 16.6 Å². The highest BCUT2D eigenvalue weighted by Crippen LogP contribution is 2.38. The van der Waals surface area contributed by atoms with Crippen LogP contribution >= 0.6 is 0 Å². The van der Waals surface area contributed by atoms with Crippen molar-refractivity contribution in [2.24, 2.45) is 11.8 Å². The Morgan fingerprint density at radius 2 is 1.90 bits per heavy atom. The lowest BCUT2D eigenvalue weighted by Crippen LogP contribution is -2.46. The lowest BCUT2D eigenvalue weighted by atomic mass is 9.87. The molecule has 2 aliphatic heterocycles. The van der Waals surface area contributed by atoms with E-state index in [9.17, 15) is 10.4 Å². The number of hydrogen-bond acceptors (Lipinski definition) is 8. The molecule has 0 amide bonds. The summed E-state index contributed by atoms with van der Waals surface area (Å²) in [6.07, 6.45) is 11.3. The Bertz CT molecular complexity index is 1530. The predicted molar refractivity (Wildman–Crippen MR) is 151 cm³/mol. The van der Waals surface area contributed by atoms with Gasteiger partial charge in [-0.3, -0.25) is 4.98 Å². The number of pyridine rings is 3. The quantitative estimate of drug-likeness (QED) is 0.385. The summed E-state index contributed by atoms with van der Waals surface area (Å²) in [7, 11) is 0. The highest BCUT2D eigenvalue weighted by molar-refractivity contribution is 5.85. The van der Waals surface area contributed by atoms with Crippen LogP contribution in [-0.4, -0.2) is 62.6 Å². The van der Waals surface area contributed by atoms with Crippen molar-refractivity contribution in [1.29, 1.82) is 5.26 Å². The summed E-state index contributed by atoms with van der Waals surface area (Å²) in [6.45, 7) is 3.61. The minimum absolute atomic E-state index is 0.198. The molecule has 2 unspecified atom stereocenters. The van der Waals surface area contributed by atoms with E-state index in [0.29, 0.717) is 36.7 Å². The van der Waals surface area contributed by atoms with Gasteiger partial charge < -0.3 is 20.1 Å². The van der Waals surface area contributed by atoms with E-state index < -0.39 is 5.60 Å². The van der Waals surface area contributed by atoms with E-state index in [-0.39, 0.29) is 6.10 Å². The molecule has 1 aliphatic carbocycles. The van der Waals surface area contributed by atoms with Crippen molar-refractivity contribution in [3.05, 3.63) is 72.4 Å². The smallest absolute Gasteiger partial charge is 0.138 e. The van der Waals surface area contributed by atoms with Gasteiger partial charge in [0.15, 0.2) is 0 Å². The Kier molecular flexibility index (Phi) is 6.37. The van der Waals surface area contributed by atoms with Gasteiger partial charge in [-0.2, -0.15) is 10.4 Å². The molecule has 0 bridgehead atoms. The number of hydrogen-bond donors (Lipinski definition) is 2. The fourth-order valence-corrected chi connectivity index (χ4v) is 6.76. The van der Waals surface area contributed by atoms with Crippen LogP contribution in [0.4, 0.5) is 5.82 Å². The monoisotopic (exact) mass is 535 g/mol. The third kappa shape index (κ3) is 4.78. The molecule has 3 fully saturated rings. The van der Waals surface area contributed by atoms with Gasteiger partial charge in [0.1, 0.15) is 17.6 Å². The van der Waals surface area contributed by atoms with Gasteiger partial charge >= 0.3 is 0 Å². The second-order valence-corrected chi connectivity index (χ2v) is 11.6. The molecule has 2 atom stereocenters. The zero-order valence-electron chi connectivity index (χ0n) is 22.4. The van der Waals surface area contributed by atoms with Crippen LogP contribution in [0.2, 0.25) is 0 Å². The Morgan fingerprint density at radius 3 is 2.60 bits per heavy atom.